The number of nitrogens with zero attached hydrogens (tertiary/aromatic N) is 3. The summed E-state index contributed by atoms with van der Waals surface area (Å²) in [5.74, 6) is 1.23. The molecule has 0 aliphatic carbocycles. The Morgan fingerprint density at radius 2 is 2.00 bits per heavy atom. The summed E-state index contributed by atoms with van der Waals surface area (Å²) in [4.78, 5) is 14.3. The lowest BCUT2D eigenvalue weighted by Crippen LogP contribution is -2.35. The molecule has 3 aromatic rings. The van der Waals surface area contributed by atoms with E-state index in [9.17, 15) is 4.79 Å². The molecule has 2 aromatic heterocycles. The number of likely N-dealkylation sites (N-methyl/N-ethyl adjacent to an activating group) is 1. The van der Waals surface area contributed by atoms with Gasteiger partial charge in [-0.05, 0) is 32.6 Å². The Labute approximate surface area is 162 Å². The molecule has 0 fully saturated rings. The highest BCUT2D eigenvalue weighted by Gasteiger charge is 2.17. The molecule has 2 heterocycles. The maximum absolute atomic E-state index is 12.2. The molecule has 0 aliphatic heterocycles. The molecule has 3 rings (SSSR count). The summed E-state index contributed by atoms with van der Waals surface area (Å²) in [7, 11) is 3.99. The van der Waals surface area contributed by atoms with Crippen molar-refractivity contribution in [2.75, 3.05) is 26.4 Å². The maximum atomic E-state index is 12.2. The fourth-order valence-electron chi connectivity index (χ4n) is 2.65. The number of amides is 1. The van der Waals surface area contributed by atoms with Crippen LogP contribution in [0.2, 0.25) is 0 Å². The van der Waals surface area contributed by atoms with Crippen molar-refractivity contribution in [3.8, 4) is 11.5 Å². The summed E-state index contributed by atoms with van der Waals surface area (Å²) >= 11 is 1.21. The molecule has 27 heavy (non-hydrogen) atoms. The predicted octanol–water partition coefficient (Wildman–Crippen LogP) is 3.15. The van der Waals surface area contributed by atoms with Crippen molar-refractivity contribution in [3.63, 3.8) is 0 Å². The van der Waals surface area contributed by atoms with E-state index in [1.165, 1.54) is 11.8 Å². The van der Waals surface area contributed by atoms with E-state index < -0.39 is 0 Å². The molecule has 142 valence electrons. The number of rotatable bonds is 8. The maximum Gasteiger partial charge on any atom is 0.277 e. The molecule has 1 atom stereocenters. The third kappa shape index (κ3) is 4.99. The van der Waals surface area contributed by atoms with Crippen LogP contribution >= 0.6 is 11.8 Å². The van der Waals surface area contributed by atoms with Crippen LogP contribution < -0.4 is 5.32 Å². The Morgan fingerprint density at radius 1 is 1.22 bits per heavy atom. The van der Waals surface area contributed by atoms with Crippen LogP contribution in [-0.4, -0.2) is 47.4 Å². The minimum absolute atomic E-state index is 0.0815. The predicted molar refractivity (Wildman–Crippen MR) is 103 cm³/mol. The van der Waals surface area contributed by atoms with Gasteiger partial charge in [0, 0.05) is 6.54 Å². The van der Waals surface area contributed by atoms with Gasteiger partial charge in [0.05, 0.1) is 23.6 Å². The molecule has 0 saturated carbocycles. The number of aryl methyl sites for hydroxylation is 1. The molecule has 0 radical (unpaired) electrons. The van der Waals surface area contributed by atoms with Crippen LogP contribution in [0, 0.1) is 6.92 Å². The van der Waals surface area contributed by atoms with Gasteiger partial charge in [0.1, 0.15) is 5.76 Å². The van der Waals surface area contributed by atoms with Crippen LogP contribution in [0.25, 0.3) is 11.5 Å². The van der Waals surface area contributed by atoms with Crippen molar-refractivity contribution in [2.24, 2.45) is 0 Å². The second-order valence-electron chi connectivity index (χ2n) is 6.25. The first-order valence-electron chi connectivity index (χ1n) is 8.53. The normalized spacial score (nSPS) is 12.3. The number of nitrogens with one attached hydrogen (secondary N) is 1. The lowest BCUT2D eigenvalue weighted by molar-refractivity contribution is -0.118. The number of carbonyl (C=O) groups is 1. The monoisotopic (exact) mass is 386 g/mol. The van der Waals surface area contributed by atoms with Gasteiger partial charge in [-0.25, -0.2) is 0 Å². The largest absolute Gasteiger partial charge is 0.469 e. The van der Waals surface area contributed by atoms with Crippen LogP contribution in [0.3, 0.4) is 0 Å². The summed E-state index contributed by atoms with van der Waals surface area (Å²) in [6, 6.07) is 12.0. The summed E-state index contributed by atoms with van der Waals surface area (Å²) < 4.78 is 10.8. The van der Waals surface area contributed by atoms with Gasteiger partial charge >= 0.3 is 0 Å². The van der Waals surface area contributed by atoms with Gasteiger partial charge in [-0.2, -0.15) is 0 Å². The van der Waals surface area contributed by atoms with Crippen LogP contribution in [0.15, 0.2) is 56.7 Å². The molecule has 7 nitrogen and oxygen atoms in total. The van der Waals surface area contributed by atoms with Gasteiger partial charge < -0.3 is 19.1 Å². The average molecular weight is 386 g/mol. The Morgan fingerprint density at radius 3 is 2.67 bits per heavy atom. The zero-order valence-electron chi connectivity index (χ0n) is 15.5. The lowest BCUT2D eigenvalue weighted by atomic mass is 10.1. The quantitative estimate of drug-likeness (QED) is 0.595. The first kappa shape index (κ1) is 19.2. The Hall–Kier alpha value is -2.58. The highest BCUT2D eigenvalue weighted by Crippen LogP contribution is 2.26. The lowest BCUT2D eigenvalue weighted by Gasteiger charge is -2.25. The van der Waals surface area contributed by atoms with Crippen molar-refractivity contribution >= 4 is 17.7 Å². The van der Waals surface area contributed by atoms with E-state index in [0.717, 1.165) is 11.1 Å². The van der Waals surface area contributed by atoms with Gasteiger partial charge in [0.2, 0.25) is 5.91 Å². The van der Waals surface area contributed by atoms with Crippen LogP contribution in [-0.2, 0) is 4.79 Å². The second kappa shape index (κ2) is 8.88. The Balaban J connectivity index is 1.51. The van der Waals surface area contributed by atoms with Gasteiger partial charge in [-0.3, -0.25) is 4.79 Å². The molecular weight excluding hydrogens is 364 g/mol. The first-order valence-corrected chi connectivity index (χ1v) is 9.52. The number of thioether (sulfide) groups is 1. The summed E-state index contributed by atoms with van der Waals surface area (Å²) in [5.41, 5.74) is 1.92. The van der Waals surface area contributed by atoms with Gasteiger partial charge in [0.15, 0.2) is 0 Å². The number of furan rings is 1. The fraction of sp³-hybridized carbons (Fsp3) is 0.316. The molecule has 0 spiro atoms. The van der Waals surface area contributed by atoms with Gasteiger partial charge in [-0.1, -0.05) is 42.1 Å². The van der Waals surface area contributed by atoms with Crippen molar-refractivity contribution < 1.29 is 13.6 Å². The zero-order chi connectivity index (χ0) is 19.2. The van der Waals surface area contributed by atoms with E-state index in [-0.39, 0.29) is 17.7 Å². The minimum Gasteiger partial charge on any atom is -0.469 e. The third-order valence-corrected chi connectivity index (χ3v) is 4.94. The van der Waals surface area contributed by atoms with E-state index in [2.05, 4.69) is 32.5 Å². The number of carbonyl (C=O) groups excluding carboxylic acids is 1. The van der Waals surface area contributed by atoms with E-state index >= 15 is 0 Å². The van der Waals surface area contributed by atoms with Crippen molar-refractivity contribution in [3.05, 3.63) is 54.0 Å². The van der Waals surface area contributed by atoms with Crippen LogP contribution in [0.1, 0.15) is 17.4 Å². The highest BCUT2D eigenvalue weighted by atomic mass is 32.2. The summed E-state index contributed by atoms with van der Waals surface area (Å²) in [6.07, 6.45) is 1.57. The van der Waals surface area contributed by atoms with Gasteiger partial charge in [0.25, 0.3) is 11.1 Å². The molecule has 1 aromatic carbocycles. The second-order valence-corrected chi connectivity index (χ2v) is 7.17. The Kier molecular flexibility index (Phi) is 6.31. The molecule has 8 heteroatoms. The molecule has 0 bridgehead atoms. The smallest absolute Gasteiger partial charge is 0.277 e. The van der Waals surface area contributed by atoms with Crippen LogP contribution in [0.5, 0.6) is 0 Å². The standard InChI is InChI=1S/C19H22N4O3S/c1-13-15(9-10-25-13)18-21-22-19(26-18)27-12-17(24)20-11-16(23(2)3)14-7-5-4-6-8-14/h4-10,16H,11-12H2,1-3H3,(H,20,24)/t16-/m0/s1. The molecule has 0 unspecified atom stereocenters. The SMILES string of the molecule is Cc1occc1-c1nnc(SCC(=O)NC[C@@H](c2ccccc2)N(C)C)o1. The molecular formula is C19H22N4O3S. The summed E-state index contributed by atoms with van der Waals surface area (Å²) in [5, 5.41) is 11.3. The zero-order valence-corrected chi connectivity index (χ0v) is 16.3. The molecule has 1 N–H and O–H groups in total. The van der Waals surface area contributed by atoms with E-state index in [0.29, 0.717) is 23.4 Å². The first-order chi connectivity index (χ1) is 13.0. The van der Waals surface area contributed by atoms with E-state index in [1.807, 2.05) is 39.2 Å². The van der Waals surface area contributed by atoms with Crippen molar-refractivity contribution in [1.29, 1.82) is 0 Å². The molecule has 0 aliphatic rings. The van der Waals surface area contributed by atoms with E-state index in [4.69, 9.17) is 8.83 Å². The van der Waals surface area contributed by atoms with Crippen LogP contribution in [0.4, 0.5) is 0 Å². The third-order valence-electron chi connectivity index (χ3n) is 4.12. The van der Waals surface area contributed by atoms with Crippen molar-refractivity contribution in [1.82, 2.24) is 20.4 Å². The topological polar surface area (TPSA) is 84.4 Å². The van der Waals surface area contributed by atoms with Gasteiger partial charge in [-0.15, -0.1) is 10.2 Å². The number of aromatic nitrogens is 2. The number of benzene rings is 1. The average Bonchev–Trinajstić information content (AvgIpc) is 3.29. The van der Waals surface area contributed by atoms with E-state index in [1.54, 1.807) is 12.3 Å². The molecule has 1 amide bonds. The number of hydrogen-bond acceptors (Lipinski definition) is 7. The Bertz CT molecular complexity index is 876. The number of hydrogen-bond donors (Lipinski definition) is 1. The highest BCUT2D eigenvalue weighted by molar-refractivity contribution is 7.99. The summed E-state index contributed by atoms with van der Waals surface area (Å²) in [6.45, 7) is 2.35. The fourth-order valence-corrected chi connectivity index (χ4v) is 3.24. The van der Waals surface area contributed by atoms with Crippen molar-refractivity contribution in [2.45, 2.75) is 18.2 Å². The molecule has 0 saturated heterocycles. The minimum atomic E-state index is -0.0815.